The van der Waals surface area contributed by atoms with Crippen molar-refractivity contribution >= 4 is 17.5 Å². The van der Waals surface area contributed by atoms with E-state index in [1.165, 1.54) is 9.80 Å². The first-order valence-corrected chi connectivity index (χ1v) is 6.50. The van der Waals surface area contributed by atoms with Gasteiger partial charge in [-0.15, -0.1) is 0 Å². The number of amides is 2. The van der Waals surface area contributed by atoms with Gasteiger partial charge in [-0.3, -0.25) is 14.5 Å². The molecule has 0 aliphatic rings. The third-order valence-corrected chi connectivity index (χ3v) is 3.16. The first-order chi connectivity index (χ1) is 10.1. The number of nitrogens with one attached hydrogen (secondary N) is 1. The Labute approximate surface area is 126 Å². The molecular formula is C14H18F3N3O2. The molecule has 0 saturated carbocycles. The van der Waals surface area contributed by atoms with Crippen molar-refractivity contribution in [2.24, 2.45) is 0 Å². The molecule has 0 aliphatic heterocycles. The maximum absolute atomic E-state index is 13.4. The van der Waals surface area contributed by atoms with Crippen LogP contribution >= 0.6 is 0 Å². The van der Waals surface area contributed by atoms with Crippen molar-refractivity contribution in [2.45, 2.75) is 13.0 Å². The Morgan fingerprint density at radius 1 is 1.14 bits per heavy atom. The lowest BCUT2D eigenvalue weighted by Crippen LogP contribution is -2.45. The summed E-state index contributed by atoms with van der Waals surface area (Å²) in [5.74, 6) is -5.30. The van der Waals surface area contributed by atoms with Crippen LogP contribution in [0.3, 0.4) is 0 Å². The standard InChI is InChI=1S/C14H18F3N3O2/c1-8(14(22)19(2)3)20(4)7-11(21)18-10-6-5-9(15)12(16)13(10)17/h5-6,8H,7H2,1-4H3,(H,18,21)/t8-/m1/s1. The van der Waals surface area contributed by atoms with Crippen molar-refractivity contribution in [3.63, 3.8) is 0 Å². The largest absolute Gasteiger partial charge is 0.347 e. The van der Waals surface area contributed by atoms with Gasteiger partial charge in [0, 0.05) is 14.1 Å². The topological polar surface area (TPSA) is 52.7 Å². The summed E-state index contributed by atoms with van der Waals surface area (Å²) in [6.07, 6.45) is 0. The minimum absolute atomic E-state index is 0.200. The van der Waals surface area contributed by atoms with Crippen LogP contribution in [-0.2, 0) is 9.59 Å². The first kappa shape index (κ1) is 18.0. The van der Waals surface area contributed by atoms with Gasteiger partial charge in [0.2, 0.25) is 11.8 Å². The monoisotopic (exact) mass is 317 g/mol. The van der Waals surface area contributed by atoms with Gasteiger partial charge >= 0.3 is 0 Å². The molecule has 0 radical (unpaired) electrons. The Balaban J connectivity index is 2.71. The van der Waals surface area contributed by atoms with Crippen LogP contribution in [0, 0.1) is 17.5 Å². The Morgan fingerprint density at radius 2 is 1.73 bits per heavy atom. The lowest BCUT2D eigenvalue weighted by atomic mass is 10.2. The van der Waals surface area contributed by atoms with Gasteiger partial charge in [-0.25, -0.2) is 13.2 Å². The summed E-state index contributed by atoms with van der Waals surface area (Å²) in [7, 11) is 4.72. The minimum Gasteiger partial charge on any atom is -0.347 e. The summed E-state index contributed by atoms with van der Waals surface area (Å²) in [6.45, 7) is 1.41. The molecule has 2 amide bonds. The molecule has 0 unspecified atom stereocenters. The van der Waals surface area contributed by atoms with Gasteiger partial charge in [0.05, 0.1) is 18.3 Å². The van der Waals surface area contributed by atoms with Crippen molar-refractivity contribution in [2.75, 3.05) is 33.0 Å². The average molecular weight is 317 g/mol. The zero-order valence-corrected chi connectivity index (χ0v) is 12.8. The molecule has 22 heavy (non-hydrogen) atoms. The van der Waals surface area contributed by atoms with E-state index in [0.29, 0.717) is 0 Å². The van der Waals surface area contributed by atoms with Crippen LogP contribution in [0.4, 0.5) is 18.9 Å². The highest BCUT2D eigenvalue weighted by atomic mass is 19.2. The van der Waals surface area contributed by atoms with E-state index in [-0.39, 0.29) is 12.5 Å². The number of likely N-dealkylation sites (N-methyl/N-ethyl adjacent to an activating group) is 2. The number of hydrogen-bond donors (Lipinski definition) is 1. The van der Waals surface area contributed by atoms with Crippen molar-refractivity contribution < 1.29 is 22.8 Å². The normalized spacial score (nSPS) is 12.2. The molecule has 0 spiro atoms. The molecule has 0 aromatic heterocycles. The molecule has 1 aromatic carbocycles. The Hall–Kier alpha value is -2.09. The zero-order chi connectivity index (χ0) is 17.0. The average Bonchev–Trinajstić information content (AvgIpc) is 2.46. The molecule has 122 valence electrons. The van der Waals surface area contributed by atoms with Crippen LogP contribution in [0.1, 0.15) is 6.92 Å². The van der Waals surface area contributed by atoms with Crippen LogP contribution in [0.2, 0.25) is 0 Å². The van der Waals surface area contributed by atoms with Crippen LogP contribution in [0.5, 0.6) is 0 Å². The van der Waals surface area contributed by atoms with E-state index in [1.54, 1.807) is 28.1 Å². The Bertz CT molecular complexity index is 579. The molecular weight excluding hydrogens is 299 g/mol. The van der Waals surface area contributed by atoms with Gasteiger partial charge < -0.3 is 10.2 Å². The summed E-state index contributed by atoms with van der Waals surface area (Å²) in [4.78, 5) is 26.4. The van der Waals surface area contributed by atoms with Crippen molar-refractivity contribution in [3.8, 4) is 0 Å². The van der Waals surface area contributed by atoms with Gasteiger partial charge in [-0.2, -0.15) is 0 Å². The molecule has 0 heterocycles. The highest BCUT2D eigenvalue weighted by Gasteiger charge is 2.22. The highest BCUT2D eigenvalue weighted by Crippen LogP contribution is 2.19. The molecule has 1 rings (SSSR count). The number of carbonyl (C=O) groups excluding carboxylic acids is 2. The second-order valence-electron chi connectivity index (χ2n) is 5.09. The minimum atomic E-state index is -1.65. The number of halogens is 3. The fourth-order valence-corrected chi connectivity index (χ4v) is 1.74. The number of rotatable bonds is 5. The van der Waals surface area contributed by atoms with Crippen molar-refractivity contribution in [1.82, 2.24) is 9.80 Å². The summed E-state index contributed by atoms with van der Waals surface area (Å²) in [5.41, 5.74) is -0.455. The summed E-state index contributed by atoms with van der Waals surface area (Å²) >= 11 is 0. The number of carbonyl (C=O) groups is 2. The maximum Gasteiger partial charge on any atom is 0.239 e. The third-order valence-electron chi connectivity index (χ3n) is 3.16. The highest BCUT2D eigenvalue weighted by molar-refractivity contribution is 5.93. The van der Waals surface area contributed by atoms with E-state index in [0.717, 1.165) is 12.1 Å². The van der Waals surface area contributed by atoms with Crippen molar-refractivity contribution in [1.29, 1.82) is 0 Å². The Kier molecular flexibility index (Phi) is 5.92. The van der Waals surface area contributed by atoms with E-state index in [2.05, 4.69) is 5.32 Å². The molecule has 5 nitrogen and oxygen atoms in total. The van der Waals surface area contributed by atoms with Crippen LogP contribution in [-0.4, -0.2) is 55.3 Å². The second-order valence-corrected chi connectivity index (χ2v) is 5.09. The predicted molar refractivity (Wildman–Crippen MR) is 75.7 cm³/mol. The number of nitrogens with zero attached hydrogens (tertiary/aromatic N) is 2. The molecule has 1 aromatic rings. The fraction of sp³-hybridized carbons (Fsp3) is 0.429. The summed E-state index contributed by atoms with van der Waals surface area (Å²) < 4.78 is 39.3. The number of hydrogen-bond acceptors (Lipinski definition) is 3. The lowest BCUT2D eigenvalue weighted by Gasteiger charge is -2.25. The van der Waals surface area contributed by atoms with E-state index in [1.807, 2.05) is 0 Å². The van der Waals surface area contributed by atoms with E-state index in [9.17, 15) is 22.8 Å². The lowest BCUT2D eigenvalue weighted by molar-refractivity contribution is -0.133. The van der Waals surface area contributed by atoms with Gasteiger partial charge in [0.1, 0.15) is 0 Å². The van der Waals surface area contributed by atoms with E-state index < -0.39 is 35.1 Å². The number of benzene rings is 1. The van der Waals surface area contributed by atoms with Crippen molar-refractivity contribution in [3.05, 3.63) is 29.6 Å². The van der Waals surface area contributed by atoms with E-state index in [4.69, 9.17) is 0 Å². The second kappa shape index (κ2) is 7.26. The smallest absolute Gasteiger partial charge is 0.239 e. The fourth-order valence-electron chi connectivity index (χ4n) is 1.74. The van der Waals surface area contributed by atoms with E-state index >= 15 is 0 Å². The first-order valence-electron chi connectivity index (χ1n) is 6.50. The van der Waals surface area contributed by atoms with Crippen LogP contribution in [0.25, 0.3) is 0 Å². The molecule has 0 aliphatic carbocycles. The quantitative estimate of drug-likeness (QED) is 0.837. The molecule has 0 fully saturated rings. The SMILES string of the molecule is C[C@H](C(=O)N(C)C)N(C)CC(=O)Nc1ccc(F)c(F)c1F. The predicted octanol–water partition coefficient (Wildman–Crippen LogP) is 1.45. The van der Waals surface area contributed by atoms with Gasteiger partial charge in [-0.05, 0) is 26.1 Å². The zero-order valence-electron chi connectivity index (χ0n) is 12.8. The van der Waals surface area contributed by atoms with Gasteiger partial charge in [0.15, 0.2) is 17.5 Å². The number of anilines is 1. The molecule has 1 atom stereocenters. The van der Waals surface area contributed by atoms with Gasteiger partial charge in [-0.1, -0.05) is 0 Å². The molecule has 0 saturated heterocycles. The Morgan fingerprint density at radius 3 is 2.27 bits per heavy atom. The summed E-state index contributed by atoms with van der Waals surface area (Å²) in [5, 5.41) is 2.15. The third kappa shape index (κ3) is 4.20. The van der Waals surface area contributed by atoms with Gasteiger partial charge in [0.25, 0.3) is 0 Å². The molecule has 8 heteroatoms. The summed E-state index contributed by atoms with van der Waals surface area (Å²) in [6, 6.07) is 1.09. The molecule has 0 bridgehead atoms. The van der Waals surface area contributed by atoms with Crippen LogP contribution < -0.4 is 5.32 Å². The maximum atomic E-state index is 13.4. The van der Waals surface area contributed by atoms with Crippen LogP contribution in [0.15, 0.2) is 12.1 Å². The molecule has 1 N–H and O–H groups in total.